The fourth-order valence-corrected chi connectivity index (χ4v) is 3.83. The number of ether oxygens (including phenoxy) is 1. The summed E-state index contributed by atoms with van der Waals surface area (Å²) in [6.07, 6.45) is 9.22. The van der Waals surface area contributed by atoms with Crippen LogP contribution in [0.5, 0.6) is 0 Å². The molecule has 0 spiro atoms. The molecule has 6 heteroatoms. The zero-order chi connectivity index (χ0) is 19.8. The number of aromatic nitrogens is 1. The van der Waals surface area contributed by atoms with Gasteiger partial charge in [-0.25, -0.2) is 4.98 Å². The van der Waals surface area contributed by atoms with Crippen molar-refractivity contribution in [1.82, 2.24) is 9.88 Å². The Bertz CT molecular complexity index is 748. The number of carbonyl (C=O) groups excluding carboxylic acids is 1. The molecule has 1 aliphatic heterocycles. The summed E-state index contributed by atoms with van der Waals surface area (Å²) in [4.78, 5) is 20.2. The minimum Gasteiger partial charge on any atom is -0.441 e. The molecule has 1 saturated heterocycles. The number of rotatable bonds is 6. The van der Waals surface area contributed by atoms with Gasteiger partial charge in [0.05, 0.1) is 6.61 Å². The van der Waals surface area contributed by atoms with Gasteiger partial charge in [0.25, 0.3) is 0 Å². The van der Waals surface area contributed by atoms with Crippen molar-refractivity contribution in [2.75, 3.05) is 26.0 Å². The number of benzene rings is 1. The molecule has 1 aromatic heterocycles. The fraction of sp³-hybridized carbons (Fsp3) is 0.545. The predicted molar refractivity (Wildman–Crippen MR) is 112 cm³/mol. The maximum Gasteiger partial charge on any atom is 0.248 e. The molecule has 3 rings (SSSR count). The Morgan fingerprint density at radius 3 is 2.39 bits per heavy atom. The van der Waals surface area contributed by atoms with Crippen molar-refractivity contribution in [2.45, 2.75) is 57.0 Å². The summed E-state index contributed by atoms with van der Waals surface area (Å²) in [5, 5.41) is 0. The molecule has 1 aromatic carbocycles. The summed E-state index contributed by atoms with van der Waals surface area (Å²) in [5.74, 6) is 1.41. The fourth-order valence-electron chi connectivity index (χ4n) is 3.42. The molecule has 1 aliphatic rings. The van der Waals surface area contributed by atoms with Crippen molar-refractivity contribution in [3.05, 3.63) is 35.7 Å². The second-order valence-corrected chi connectivity index (χ2v) is 8.12. The number of aryl methyl sites for hydroxylation is 1. The van der Waals surface area contributed by atoms with E-state index in [1.807, 2.05) is 24.0 Å². The molecule has 152 valence electrons. The molecule has 0 atom stereocenters. The Labute approximate surface area is 171 Å². The van der Waals surface area contributed by atoms with Gasteiger partial charge in [0.2, 0.25) is 11.8 Å². The van der Waals surface area contributed by atoms with Gasteiger partial charge in [-0.15, -0.1) is 11.8 Å². The Morgan fingerprint density at radius 1 is 1.11 bits per heavy atom. The van der Waals surface area contributed by atoms with Crippen molar-refractivity contribution in [3.63, 3.8) is 0 Å². The van der Waals surface area contributed by atoms with Crippen LogP contribution in [0.15, 0.2) is 33.6 Å². The number of thioether (sulfide) groups is 1. The van der Waals surface area contributed by atoms with Crippen molar-refractivity contribution in [2.24, 2.45) is 0 Å². The van der Waals surface area contributed by atoms with E-state index in [2.05, 4.69) is 23.4 Å². The standard InChI is InChI=1S/C22H30N2O3S/c1-17-20(23-22(27-17)18-9-11-19(28-2)12-10-18)15-26-16-21(25)24-13-7-5-3-4-6-8-14-24/h9-12H,3-8,13-16H2,1-2H3. The number of hydrogen-bond acceptors (Lipinski definition) is 5. The average molecular weight is 403 g/mol. The van der Waals surface area contributed by atoms with Crippen LogP contribution in [0, 0.1) is 6.92 Å². The Balaban J connectivity index is 1.52. The van der Waals surface area contributed by atoms with Crippen LogP contribution in [0.4, 0.5) is 0 Å². The lowest BCUT2D eigenvalue weighted by Crippen LogP contribution is -2.35. The van der Waals surface area contributed by atoms with Crippen molar-refractivity contribution < 1.29 is 13.9 Å². The second kappa shape index (κ2) is 10.7. The van der Waals surface area contributed by atoms with E-state index in [0.29, 0.717) is 5.89 Å². The van der Waals surface area contributed by atoms with Gasteiger partial charge in [0.15, 0.2) is 0 Å². The van der Waals surface area contributed by atoms with Crippen LogP contribution in [0.1, 0.15) is 50.0 Å². The molecule has 0 radical (unpaired) electrons. The molecule has 0 aliphatic carbocycles. The van der Waals surface area contributed by atoms with Gasteiger partial charge in [-0.2, -0.15) is 0 Å². The average Bonchev–Trinajstić information content (AvgIpc) is 3.14. The molecule has 0 saturated carbocycles. The van der Waals surface area contributed by atoms with Crippen molar-refractivity contribution >= 4 is 17.7 Å². The second-order valence-electron chi connectivity index (χ2n) is 7.25. The topological polar surface area (TPSA) is 55.6 Å². The van der Waals surface area contributed by atoms with Gasteiger partial charge in [0, 0.05) is 23.5 Å². The van der Waals surface area contributed by atoms with E-state index in [1.54, 1.807) is 11.8 Å². The monoisotopic (exact) mass is 402 g/mol. The van der Waals surface area contributed by atoms with Gasteiger partial charge in [-0.3, -0.25) is 4.79 Å². The first-order valence-electron chi connectivity index (χ1n) is 10.1. The Kier molecular flexibility index (Phi) is 7.98. The Hall–Kier alpha value is -1.79. The molecule has 0 unspecified atom stereocenters. The van der Waals surface area contributed by atoms with Crippen molar-refractivity contribution in [1.29, 1.82) is 0 Å². The van der Waals surface area contributed by atoms with E-state index in [0.717, 1.165) is 42.9 Å². The summed E-state index contributed by atoms with van der Waals surface area (Å²) in [6, 6.07) is 8.13. The molecule has 2 heterocycles. The first-order chi connectivity index (χ1) is 13.7. The summed E-state index contributed by atoms with van der Waals surface area (Å²) in [7, 11) is 0. The van der Waals surface area contributed by atoms with Gasteiger partial charge < -0.3 is 14.1 Å². The molecule has 2 aromatic rings. The summed E-state index contributed by atoms with van der Waals surface area (Å²) in [5.41, 5.74) is 1.70. The molecular formula is C22H30N2O3S. The number of amides is 1. The number of nitrogens with zero attached hydrogens (tertiary/aromatic N) is 2. The third-order valence-electron chi connectivity index (χ3n) is 5.15. The van der Waals surface area contributed by atoms with Crippen LogP contribution in [0.3, 0.4) is 0 Å². The number of oxazole rings is 1. The number of carbonyl (C=O) groups is 1. The van der Waals surface area contributed by atoms with Crippen LogP contribution in [-0.2, 0) is 16.1 Å². The summed E-state index contributed by atoms with van der Waals surface area (Å²) < 4.78 is 11.5. The van der Waals surface area contributed by atoms with Crippen LogP contribution in [0.2, 0.25) is 0 Å². The van der Waals surface area contributed by atoms with Crippen LogP contribution < -0.4 is 0 Å². The maximum atomic E-state index is 12.5. The van der Waals surface area contributed by atoms with Gasteiger partial charge in [-0.05, 0) is 50.3 Å². The first kappa shape index (κ1) is 20.9. The van der Waals surface area contributed by atoms with E-state index in [1.165, 1.54) is 30.6 Å². The van der Waals surface area contributed by atoms with E-state index >= 15 is 0 Å². The molecule has 28 heavy (non-hydrogen) atoms. The van der Waals surface area contributed by atoms with Crippen molar-refractivity contribution in [3.8, 4) is 11.5 Å². The van der Waals surface area contributed by atoms with Crippen LogP contribution >= 0.6 is 11.8 Å². The smallest absolute Gasteiger partial charge is 0.248 e. The molecule has 1 amide bonds. The summed E-state index contributed by atoms with van der Waals surface area (Å²) in [6.45, 7) is 3.97. The van der Waals surface area contributed by atoms with E-state index in [-0.39, 0.29) is 19.1 Å². The highest BCUT2D eigenvalue weighted by Crippen LogP contribution is 2.24. The predicted octanol–water partition coefficient (Wildman–Crippen LogP) is 5.07. The zero-order valence-electron chi connectivity index (χ0n) is 16.9. The van der Waals surface area contributed by atoms with Crippen LogP contribution in [0.25, 0.3) is 11.5 Å². The lowest BCUT2D eigenvalue weighted by atomic mass is 10.1. The SMILES string of the molecule is CSc1ccc(-c2nc(COCC(=O)N3CCCCCCCC3)c(C)o2)cc1. The number of hydrogen-bond donors (Lipinski definition) is 0. The third kappa shape index (κ3) is 5.85. The lowest BCUT2D eigenvalue weighted by Gasteiger charge is -2.21. The van der Waals surface area contributed by atoms with E-state index < -0.39 is 0 Å². The zero-order valence-corrected chi connectivity index (χ0v) is 17.7. The molecule has 1 fully saturated rings. The Morgan fingerprint density at radius 2 is 1.75 bits per heavy atom. The van der Waals surface area contributed by atoms with Gasteiger partial charge in [0.1, 0.15) is 18.1 Å². The normalized spacial score (nSPS) is 15.7. The molecule has 0 bridgehead atoms. The van der Waals surface area contributed by atoms with Gasteiger partial charge in [-0.1, -0.05) is 25.7 Å². The quantitative estimate of drug-likeness (QED) is 0.631. The van der Waals surface area contributed by atoms with Gasteiger partial charge >= 0.3 is 0 Å². The molecule has 0 N–H and O–H groups in total. The largest absolute Gasteiger partial charge is 0.441 e. The van der Waals surface area contributed by atoms with Crippen LogP contribution in [-0.4, -0.2) is 41.7 Å². The highest BCUT2D eigenvalue weighted by molar-refractivity contribution is 7.98. The third-order valence-corrected chi connectivity index (χ3v) is 5.90. The minimum absolute atomic E-state index is 0.0796. The maximum absolute atomic E-state index is 12.5. The summed E-state index contributed by atoms with van der Waals surface area (Å²) >= 11 is 1.70. The van der Waals surface area contributed by atoms with E-state index in [9.17, 15) is 4.79 Å². The highest BCUT2D eigenvalue weighted by Gasteiger charge is 2.16. The highest BCUT2D eigenvalue weighted by atomic mass is 32.2. The minimum atomic E-state index is 0.0796. The lowest BCUT2D eigenvalue weighted by molar-refractivity contribution is -0.136. The molecular weight excluding hydrogens is 372 g/mol. The van der Waals surface area contributed by atoms with E-state index in [4.69, 9.17) is 9.15 Å². The molecule has 5 nitrogen and oxygen atoms in total. The first-order valence-corrected chi connectivity index (χ1v) is 11.4.